The fourth-order valence-electron chi connectivity index (χ4n) is 1.65. The van der Waals surface area contributed by atoms with Crippen molar-refractivity contribution in [3.8, 4) is 0 Å². The summed E-state index contributed by atoms with van der Waals surface area (Å²) in [6.07, 6.45) is 2.24. The van der Waals surface area contributed by atoms with E-state index in [-0.39, 0.29) is 11.9 Å². The lowest BCUT2D eigenvalue weighted by molar-refractivity contribution is -0.120. The largest absolute Gasteiger partial charge is 0.352 e. The molecule has 17 heavy (non-hydrogen) atoms. The standard InChI is InChI=1S/C13H17ClN2O/c1-9(10-3-2-4-11(14)7-10)15-8-13(17)16-12-5-6-12/h2-4,7,9,12,15H,5-6,8H2,1H3,(H,16,17)/t9-/m0/s1. The van der Waals surface area contributed by atoms with Gasteiger partial charge in [0.1, 0.15) is 0 Å². The Labute approximate surface area is 107 Å². The van der Waals surface area contributed by atoms with Crippen molar-refractivity contribution in [2.45, 2.75) is 31.8 Å². The maximum atomic E-state index is 11.5. The Morgan fingerprint density at radius 3 is 2.94 bits per heavy atom. The van der Waals surface area contributed by atoms with E-state index in [9.17, 15) is 4.79 Å². The van der Waals surface area contributed by atoms with Crippen molar-refractivity contribution in [3.05, 3.63) is 34.9 Å². The van der Waals surface area contributed by atoms with Crippen LogP contribution in [0.5, 0.6) is 0 Å². The monoisotopic (exact) mass is 252 g/mol. The van der Waals surface area contributed by atoms with Crippen LogP contribution in [-0.4, -0.2) is 18.5 Å². The lowest BCUT2D eigenvalue weighted by atomic mass is 10.1. The molecule has 0 aliphatic heterocycles. The Morgan fingerprint density at radius 2 is 2.29 bits per heavy atom. The Hall–Kier alpha value is -1.06. The van der Waals surface area contributed by atoms with E-state index in [1.54, 1.807) is 0 Å². The van der Waals surface area contributed by atoms with Gasteiger partial charge in [0.2, 0.25) is 5.91 Å². The molecule has 0 bridgehead atoms. The summed E-state index contributed by atoms with van der Waals surface area (Å²) in [6, 6.07) is 8.22. The van der Waals surface area contributed by atoms with Crippen LogP contribution in [0.3, 0.4) is 0 Å². The summed E-state index contributed by atoms with van der Waals surface area (Å²) in [5, 5.41) is 6.85. The fourth-order valence-corrected chi connectivity index (χ4v) is 1.84. The Balaban J connectivity index is 1.79. The highest BCUT2D eigenvalue weighted by molar-refractivity contribution is 6.30. The molecule has 0 spiro atoms. The number of rotatable bonds is 5. The average molecular weight is 253 g/mol. The molecule has 1 aliphatic carbocycles. The summed E-state index contributed by atoms with van der Waals surface area (Å²) < 4.78 is 0. The predicted octanol–water partition coefficient (Wildman–Crippen LogP) is 2.27. The van der Waals surface area contributed by atoms with Crippen molar-refractivity contribution >= 4 is 17.5 Å². The minimum absolute atomic E-state index is 0.0707. The van der Waals surface area contributed by atoms with Crippen LogP contribution in [0.15, 0.2) is 24.3 Å². The lowest BCUT2D eigenvalue weighted by Crippen LogP contribution is -2.36. The molecular formula is C13H17ClN2O. The average Bonchev–Trinajstić information content (AvgIpc) is 3.10. The maximum Gasteiger partial charge on any atom is 0.234 e. The third-order valence-corrected chi connectivity index (χ3v) is 3.10. The predicted molar refractivity (Wildman–Crippen MR) is 69.0 cm³/mol. The highest BCUT2D eigenvalue weighted by Crippen LogP contribution is 2.19. The van der Waals surface area contributed by atoms with Gasteiger partial charge in [0, 0.05) is 17.1 Å². The van der Waals surface area contributed by atoms with Crippen molar-refractivity contribution in [2.24, 2.45) is 0 Å². The molecule has 1 amide bonds. The number of hydrogen-bond donors (Lipinski definition) is 2. The summed E-state index contributed by atoms with van der Waals surface area (Å²) in [5.74, 6) is 0.0707. The van der Waals surface area contributed by atoms with Crippen molar-refractivity contribution in [2.75, 3.05) is 6.54 Å². The molecule has 0 saturated heterocycles. The second-order valence-corrected chi connectivity index (χ2v) is 4.94. The smallest absolute Gasteiger partial charge is 0.234 e. The van der Waals surface area contributed by atoms with Crippen LogP contribution in [0.2, 0.25) is 5.02 Å². The third kappa shape index (κ3) is 4.02. The highest BCUT2D eigenvalue weighted by atomic mass is 35.5. The number of halogens is 1. The Morgan fingerprint density at radius 1 is 1.53 bits per heavy atom. The molecule has 1 aliphatic rings. The van der Waals surface area contributed by atoms with E-state index >= 15 is 0 Å². The van der Waals surface area contributed by atoms with Gasteiger partial charge in [-0.05, 0) is 37.5 Å². The van der Waals surface area contributed by atoms with Gasteiger partial charge in [-0.1, -0.05) is 23.7 Å². The van der Waals surface area contributed by atoms with E-state index < -0.39 is 0 Å². The van der Waals surface area contributed by atoms with Crippen LogP contribution in [-0.2, 0) is 4.79 Å². The summed E-state index contributed by atoms with van der Waals surface area (Å²) >= 11 is 5.92. The number of carbonyl (C=O) groups is 1. The molecule has 2 N–H and O–H groups in total. The molecule has 3 nitrogen and oxygen atoms in total. The van der Waals surface area contributed by atoms with Crippen molar-refractivity contribution in [1.29, 1.82) is 0 Å². The molecule has 0 unspecified atom stereocenters. The summed E-state index contributed by atoms with van der Waals surface area (Å²) in [6.45, 7) is 2.38. The van der Waals surface area contributed by atoms with E-state index in [4.69, 9.17) is 11.6 Å². The molecule has 1 aromatic carbocycles. The van der Waals surface area contributed by atoms with Crippen LogP contribution >= 0.6 is 11.6 Å². The van der Waals surface area contributed by atoms with Gasteiger partial charge in [0.05, 0.1) is 6.54 Å². The van der Waals surface area contributed by atoms with Gasteiger partial charge in [-0.2, -0.15) is 0 Å². The quantitative estimate of drug-likeness (QED) is 0.844. The zero-order valence-electron chi connectivity index (χ0n) is 9.87. The summed E-state index contributed by atoms with van der Waals surface area (Å²) in [4.78, 5) is 11.5. The van der Waals surface area contributed by atoms with Crippen molar-refractivity contribution in [1.82, 2.24) is 10.6 Å². The first-order chi connectivity index (χ1) is 8.15. The maximum absolute atomic E-state index is 11.5. The SMILES string of the molecule is C[C@H](NCC(=O)NC1CC1)c1cccc(Cl)c1. The van der Waals surface area contributed by atoms with Gasteiger partial charge < -0.3 is 10.6 Å². The van der Waals surface area contributed by atoms with Crippen LogP contribution in [0, 0.1) is 0 Å². The molecule has 0 aromatic heterocycles. The summed E-state index contributed by atoms with van der Waals surface area (Å²) in [7, 11) is 0. The number of benzene rings is 1. The van der Waals surface area contributed by atoms with E-state index in [1.165, 1.54) is 0 Å². The fraction of sp³-hybridized carbons (Fsp3) is 0.462. The van der Waals surface area contributed by atoms with E-state index in [1.807, 2.05) is 31.2 Å². The first-order valence-corrected chi connectivity index (χ1v) is 6.31. The van der Waals surface area contributed by atoms with Gasteiger partial charge in [-0.25, -0.2) is 0 Å². The van der Waals surface area contributed by atoms with Gasteiger partial charge in [0.25, 0.3) is 0 Å². The topological polar surface area (TPSA) is 41.1 Å². The highest BCUT2D eigenvalue weighted by Gasteiger charge is 2.23. The molecule has 1 atom stereocenters. The molecule has 4 heteroatoms. The second-order valence-electron chi connectivity index (χ2n) is 4.50. The Kier molecular flexibility index (Phi) is 4.02. The summed E-state index contributed by atoms with van der Waals surface area (Å²) in [5.41, 5.74) is 1.09. The lowest BCUT2D eigenvalue weighted by Gasteiger charge is -2.14. The molecule has 2 rings (SSSR count). The molecule has 1 saturated carbocycles. The minimum Gasteiger partial charge on any atom is -0.352 e. The van der Waals surface area contributed by atoms with Crippen molar-refractivity contribution in [3.63, 3.8) is 0 Å². The van der Waals surface area contributed by atoms with Crippen LogP contribution in [0.25, 0.3) is 0 Å². The van der Waals surface area contributed by atoms with Gasteiger partial charge in [-0.15, -0.1) is 0 Å². The molecule has 92 valence electrons. The minimum atomic E-state index is 0.0707. The number of nitrogens with one attached hydrogen (secondary N) is 2. The molecule has 1 fully saturated rings. The van der Waals surface area contributed by atoms with E-state index in [0.29, 0.717) is 12.6 Å². The normalized spacial score (nSPS) is 16.6. The molecular weight excluding hydrogens is 236 g/mol. The first kappa shape index (κ1) is 12.4. The number of amides is 1. The van der Waals surface area contributed by atoms with Gasteiger partial charge in [0.15, 0.2) is 0 Å². The Bertz CT molecular complexity index is 404. The molecule has 0 radical (unpaired) electrons. The van der Waals surface area contributed by atoms with Gasteiger partial charge in [-0.3, -0.25) is 4.79 Å². The van der Waals surface area contributed by atoms with E-state index in [0.717, 1.165) is 23.4 Å². The van der Waals surface area contributed by atoms with Crippen LogP contribution in [0.1, 0.15) is 31.4 Å². The second kappa shape index (κ2) is 5.52. The van der Waals surface area contributed by atoms with Crippen LogP contribution in [0.4, 0.5) is 0 Å². The number of hydrogen-bond acceptors (Lipinski definition) is 2. The first-order valence-electron chi connectivity index (χ1n) is 5.93. The van der Waals surface area contributed by atoms with Crippen molar-refractivity contribution < 1.29 is 4.79 Å². The molecule has 1 aromatic rings. The molecule has 0 heterocycles. The zero-order valence-corrected chi connectivity index (χ0v) is 10.6. The zero-order chi connectivity index (χ0) is 12.3. The van der Waals surface area contributed by atoms with Gasteiger partial charge >= 0.3 is 0 Å². The number of carbonyl (C=O) groups excluding carboxylic acids is 1. The van der Waals surface area contributed by atoms with E-state index in [2.05, 4.69) is 10.6 Å². The third-order valence-electron chi connectivity index (χ3n) is 2.86. The van der Waals surface area contributed by atoms with Crippen LogP contribution < -0.4 is 10.6 Å².